The van der Waals surface area contributed by atoms with Gasteiger partial charge >= 0.3 is 0 Å². The molecule has 1 aliphatic heterocycles. The molecule has 1 aromatic carbocycles. The molecule has 18 heavy (non-hydrogen) atoms. The van der Waals surface area contributed by atoms with Crippen molar-refractivity contribution in [2.45, 2.75) is 6.04 Å². The first kappa shape index (κ1) is 11.7. The molecule has 1 saturated heterocycles. The summed E-state index contributed by atoms with van der Waals surface area (Å²) in [4.78, 5) is 3.70. The molecule has 1 N–H and O–H groups in total. The Hall–Kier alpha value is -1.39. The number of thiophene rings is 1. The van der Waals surface area contributed by atoms with Gasteiger partial charge in [0.25, 0.3) is 0 Å². The molecule has 94 valence electrons. The van der Waals surface area contributed by atoms with Crippen LogP contribution in [0.15, 0.2) is 41.8 Å². The zero-order chi connectivity index (χ0) is 12.4. The predicted octanol–water partition coefficient (Wildman–Crippen LogP) is 3.04. The van der Waals surface area contributed by atoms with Gasteiger partial charge < -0.3 is 10.2 Å². The van der Waals surface area contributed by atoms with Crippen LogP contribution < -0.4 is 10.2 Å². The molecule has 1 atom stereocenters. The van der Waals surface area contributed by atoms with E-state index in [9.17, 15) is 4.39 Å². The fourth-order valence-corrected chi connectivity index (χ4v) is 3.22. The van der Waals surface area contributed by atoms with Crippen molar-refractivity contribution < 1.29 is 4.39 Å². The predicted molar refractivity (Wildman–Crippen MR) is 73.7 cm³/mol. The van der Waals surface area contributed by atoms with Crippen LogP contribution in [-0.2, 0) is 0 Å². The smallest absolute Gasteiger partial charge is 0.123 e. The normalized spacial score (nSPS) is 20.1. The third-order valence-corrected chi connectivity index (χ3v) is 4.25. The monoisotopic (exact) mass is 262 g/mol. The number of rotatable bonds is 2. The second-order valence-electron chi connectivity index (χ2n) is 4.41. The molecule has 4 heteroatoms. The number of halogens is 1. The van der Waals surface area contributed by atoms with Gasteiger partial charge in [0.05, 0.1) is 6.04 Å². The third kappa shape index (κ3) is 2.26. The van der Waals surface area contributed by atoms with Gasteiger partial charge in [0.2, 0.25) is 0 Å². The van der Waals surface area contributed by atoms with E-state index in [0.29, 0.717) is 6.04 Å². The average Bonchev–Trinajstić information content (AvgIpc) is 2.93. The summed E-state index contributed by atoms with van der Waals surface area (Å²) in [6, 6.07) is 11.4. The number of nitrogens with zero attached hydrogens (tertiary/aromatic N) is 1. The first-order valence-corrected chi connectivity index (χ1v) is 6.99. The number of hydrogen-bond donors (Lipinski definition) is 1. The topological polar surface area (TPSA) is 15.3 Å². The van der Waals surface area contributed by atoms with E-state index in [-0.39, 0.29) is 5.82 Å². The van der Waals surface area contributed by atoms with Crippen molar-refractivity contribution >= 4 is 17.0 Å². The second-order valence-corrected chi connectivity index (χ2v) is 5.38. The Morgan fingerprint density at radius 1 is 1.22 bits per heavy atom. The maximum atomic E-state index is 13.0. The Morgan fingerprint density at radius 2 is 2.06 bits per heavy atom. The quantitative estimate of drug-likeness (QED) is 0.895. The maximum absolute atomic E-state index is 13.0. The van der Waals surface area contributed by atoms with Crippen LogP contribution >= 0.6 is 11.3 Å². The summed E-state index contributed by atoms with van der Waals surface area (Å²) in [5, 5.41) is 5.53. The van der Waals surface area contributed by atoms with Crippen LogP contribution in [0.5, 0.6) is 0 Å². The van der Waals surface area contributed by atoms with Gasteiger partial charge in [0, 0.05) is 30.2 Å². The lowest BCUT2D eigenvalue weighted by molar-refractivity contribution is 0.494. The molecule has 1 fully saturated rings. The van der Waals surface area contributed by atoms with Gasteiger partial charge in [0.15, 0.2) is 0 Å². The van der Waals surface area contributed by atoms with E-state index in [1.165, 1.54) is 17.0 Å². The van der Waals surface area contributed by atoms with E-state index in [1.807, 2.05) is 12.1 Å². The van der Waals surface area contributed by atoms with E-state index in [0.717, 1.165) is 25.3 Å². The third-order valence-electron chi connectivity index (χ3n) is 3.27. The second kappa shape index (κ2) is 5.08. The van der Waals surface area contributed by atoms with Crippen LogP contribution in [0.1, 0.15) is 10.9 Å². The Bertz CT molecular complexity index is 495. The molecule has 2 aromatic rings. The van der Waals surface area contributed by atoms with Crippen LogP contribution in [0.4, 0.5) is 10.1 Å². The highest BCUT2D eigenvalue weighted by atomic mass is 32.1. The van der Waals surface area contributed by atoms with E-state index < -0.39 is 0 Å². The number of hydrogen-bond acceptors (Lipinski definition) is 3. The lowest BCUT2D eigenvalue weighted by Crippen LogP contribution is -2.45. The summed E-state index contributed by atoms with van der Waals surface area (Å²) in [5.41, 5.74) is 1.09. The zero-order valence-corrected chi connectivity index (χ0v) is 10.8. The van der Waals surface area contributed by atoms with Gasteiger partial charge in [-0.05, 0) is 35.7 Å². The van der Waals surface area contributed by atoms with Gasteiger partial charge in [0.1, 0.15) is 5.82 Å². The highest BCUT2D eigenvalue weighted by Crippen LogP contribution is 2.30. The lowest BCUT2D eigenvalue weighted by Gasteiger charge is -2.37. The standard InChI is InChI=1S/C14H15FN2S/c15-11-3-5-12(6-4-11)17-8-7-16-10-13(17)14-2-1-9-18-14/h1-6,9,13,16H,7-8,10H2. The molecule has 0 amide bonds. The molecule has 0 radical (unpaired) electrons. The van der Waals surface area contributed by atoms with E-state index >= 15 is 0 Å². The van der Waals surface area contributed by atoms with Crippen LogP contribution in [-0.4, -0.2) is 19.6 Å². The fourth-order valence-electron chi connectivity index (χ4n) is 2.38. The van der Waals surface area contributed by atoms with Crippen molar-refractivity contribution in [1.82, 2.24) is 5.32 Å². The van der Waals surface area contributed by atoms with Crippen LogP contribution in [0, 0.1) is 5.82 Å². The number of nitrogens with one attached hydrogen (secondary N) is 1. The summed E-state index contributed by atoms with van der Waals surface area (Å²) in [7, 11) is 0. The Labute approximate surface area is 110 Å². The van der Waals surface area contributed by atoms with Crippen molar-refractivity contribution in [3.8, 4) is 0 Å². The highest BCUT2D eigenvalue weighted by Gasteiger charge is 2.24. The van der Waals surface area contributed by atoms with Crippen molar-refractivity contribution in [3.63, 3.8) is 0 Å². The summed E-state index contributed by atoms with van der Waals surface area (Å²) >= 11 is 1.78. The molecule has 2 nitrogen and oxygen atoms in total. The molecule has 1 aliphatic rings. The van der Waals surface area contributed by atoms with Crippen LogP contribution in [0.2, 0.25) is 0 Å². The SMILES string of the molecule is Fc1ccc(N2CCNCC2c2cccs2)cc1. The first-order valence-electron chi connectivity index (χ1n) is 6.11. The van der Waals surface area contributed by atoms with Crippen molar-refractivity contribution in [1.29, 1.82) is 0 Å². The molecular weight excluding hydrogens is 247 g/mol. The largest absolute Gasteiger partial charge is 0.361 e. The number of piperazine rings is 1. The zero-order valence-electron chi connectivity index (χ0n) is 9.97. The molecule has 0 spiro atoms. The summed E-state index contributed by atoms with van der Waals surface area (Å²) in [6.45, 7) is 2.87. The Kier molecular flexibility index (Phi) is 3.30. The van der Waals surface area contributed by atoms with E-state index in [4.69, 9.17) is 0 Å². The van der Waals surface area contributed by atoms with Crippen molar-refractivity contribution in [3.05, 3.63) is 52.5 Å². The van der Waals surface area contributed by atoms with Gasteiger partial charge in [-0.3, -0.25) is 0 Å². The first-order chi connectivity index (χ1) is 8.84. The van der Waals surface area contributed by atoms with Crippen LogP contribution in [0.3, 0.4) is 0 Å². The Balaban J connectivity index is 1.90. The summed E-state index contributed by atoms with van der Waals surface area (Å²) in [6.07, 6.45) is 0. The van der Waals surface area contributed by atoms with Crippen molar-refractivity contribution in [2.75, 3.05) is 24.5 Å². The lowest BCUT2D eigenvalue weighted by atomic mass is 10.1. The minimum Gasteiger partial charge on any atom is -0.361 e. The van der Waals surface area contributed by atoms with Gasteiger partial charge in [-0.25, -0.2) is 4.39 Å². The molecule has 2 heterocycles. The Morgan fingerprint density at radius 3 is 2.78 bits per heavy atom. The fraction of sp³-hybridized carbons (Fsp3) is 0.286. The minimum absolute atomic E-state index is 0.179. The van der Waals surface area contributed by atoms with Gasteiger partial charge in [-0.1, -0.05) is 6.07 Å². The summed E-state index contributed by atoms with van der Waals surface area (Å²) in [5.74, 6) is -0.179. The van der Waals surface area contributed by atoms with Gasteiger partial charge in [-0.15, -0.1) is 11.3 Å². The molecule has 0 aliphatic carbocycles. The average molecular weight is 262 g/mol. The van der Waals surface area contributed by atoms with Gasteiger partial charge in [-0.2, -0.15) is 0 Å². The minimum atomic E-state index is -0.179. The molecule has 1 aromatic heterocycles. The summed E-state index contributed by atoms with van der Waals surface area (Å²) < 4.78 is 13.0. The highest BCUT2D eigenvalue weighted by molar-refractivity contribution is 7.10. The molecule has 0 saturated carbocycles. The van der Waals surface area contributed by atoms with Crippen molar-refractivity contribution in [2.24, 2.45) is 0 Å². The molecule has 1 unspecified atom stereocenters. The van der Waals surface area contributed by atoms with E-state index in [1.54, 1.807) is 11.3 Å². The van der Waals surface area contributed by atoms with E-state index in [2.05, 4.69) is 27.7 Å². The molecular formula is C14H15FN2S. The number of anilines is 1. The molecule has 0 bridgehead atoms. The maximum Gasteiger partial charge on any atom is 0.123 e. The number of benzene rings is 1. The van der Waals surface area contributed by atoms with Crippen LogP contribution in [0.25, 0.3) is 0 Å². The molecule has 3 rings (SSSR count).